The molecular formula is C63H55NS. The molecule has 0 saturated heterocycles. The molecule has 2 heteroatoms. The average Bonchev–Trinajstić information content (AvgIpc) is 3.81. The van der Waals surface area contributed by atoms with Crippen molar-refractivity contribution in [3.63, 3.8) is 0 Å². The fourth-order valence-electron chi connectivity index (χ4n) is 10.5. The number of thiophene rings is 1. The Kier molecular flexibility index (Phi) is 9.58. The predicted octanol–water partition coefficient (Wildman–Crippen LogP) is 18.6. The Morgan fingerprint density at radius 1 is 0.431 bits per heavy atom. The van der Waals surface area contributed by atoms with E-state index in [4.69, 9.17) is 0 Å². The Morgan fingerprint density at radius 2 is 0.985 bits per heavy atom. The van der Waals surface area contributed by atoms with Crippen LogP contribution in [0.15, 0.2) is 188 Å². The summed E-state index contributed by atoms with van der Waals surface area (Å²) in [5, 5.41) is 5.08. The number of benzene rings is 9. The van der Waals surface area contributed by atoms with E-state index in [0.29, 0.717) is 0 Å². The monoisotopic (exact) mass is 857 g/mol. The van der Waals surface area contributed by atoms with Gasteiger partial charge in [0.15, 0.2) is 0 Å². The topological polar surface area (TPSA) is 3.24 Å². The van der Waals surface area contributed by atoms with E-state index in [2.05, 4.69) is 248 Å². The van der Waals surface area contributed by atoms with Crippen molar-refractivity contribution in [3.8, 4) is 44.5 Å². The first-order chi connectivity index (χ1) is 31.3. The van der Waals surface area contributed by atoms with Crippen LogP contribution in [0.1, 0.15) is 77.6 Å². The van der Waals surface area contributed by atoms with Gasteiger partial charge in [-0.15, -0.1) is 11.3 Å². The van der Waals surface area contributed by atoms with Gasteiger partial charge in [0.25, 0.3) is 0 Å². The number of fused-ring (bicyclic) bond motifs is 7. The molecule has 0 radical (unpaired) electrons. The van der Waals surface area contributed by atoms with Gasteiger partial charge in [-0.25, -0.2) is 0 Å². The zero-order valence-corrected chi connectivity index (χ0v) is 39.6. The molecular weight excluding hydrogens is 803 g/mol. The lowest BCUT2D eigenvalue weighted by Crippen LogP contribution is -2.16. The van der Waals surface area contributed by atoms with Crippen LogP contribution in [0, 0.1) is 0 Å². The molecule has 0 spiro atoms. The third-order valence-corrected chi connectivity index (χ3v) is 15.2. The van der Waals surface area contributed by atoms with E-state index in [9.17, 15) is 0 Å². The molecule has 11 rings (SSSR count). The Morgan fingerprint density at radius 3 is 1.72 bits per heavy atom. The van der Waals surface area contributed by atoms with Crippen molar-refractivity contribution < 1.29 is 0 Å². The maximum Gasteiger partial charge on any atom is 0.0640 e. The number of hydrogen-bond donors (Lipinski definition) is 0. The molecule has 0 N–H and O–H groups in total. The van der Waals surface area contributed by atoms with E-state index >= 15 is 0 Å². The molecule has 0 unspecified atom stereocenters. The number of hydrogen-bond acceptors (Lipinski definition) is 2. The molecule has 1 heterocycles. The minimum absolute atomic E-state index is 0.00131. The van der Waals surface area contributed by atoms with Gasteiger partial charge >= 0.3 is 0 Å². The first-order valence-electron chi connectivity index (χ1n) is 23.1. The molecule has 1 aliphatic carbocycles. The van der Waals surface area contributed by atoms with Crippen molar-refractivity contribution in [3.05, 3.63) is 210 Å². The van der Waals surface area contributed by atoms with Crippen molar-refractivity contribution in [1.82, 2.24) is 0 Å². The SMILES string of the molecule is CC(C)(C)c1cc(-c2cccc3cccc(-c4ccccc4N(c4ccc(-c5cccc6c5-c5ccccc5C6(C)C)cc4)c4cccc5c4sc4ccccc45)c23)cc(C(C)(C)C)c1. The van der Waals surface area contributed by atoms with Crippen molar-refractivity contribution >= 4 is 59.3 Å². The number of nitrogens with zero attached hydrogens (tertiary/aromatic N) is 1. The summed E-state index contributed by atoms with van der Waals surface area (Å²) < 4.78 is 2.57. The van der Waals surface area contributed by atoms with Crippen LogP contribution >= 0.6 is 11.3 Å². The summed E-state index contributed by atoms with van der Waals surface area (Å²) in [6.07, 6.45) is 0. The molecule has 0 bridgehead atoms. The maximum atomic E-state index is 2.52. The van der Waals surface area contributed by atoms with Crippen molar-refractivity contribution in [2.45, 2.75) is 71.6 Å². The molecule has 0 aliphatic heterocycles. The molecule has 0 amide bonds. The number of para-hydroxylation sites is 1. The molecule has 65 heavy (non-hydrogen) atoms. The lowest BCUT2D eigenvalue weighted by Gasteiger charge is -2.29. The van der Waals surface area contributed by atoms with Crippen LogP contribution in [-0.4, -0.2) is 0 Å². The van der Waals surface area contributed by atoms with Gasteiger partial charge in [-0.2, -0.15) is 0 Å². The standard InChI is InChI=1S/C63H55NS/c1-61(2,3)43-37-42(38-44(39-43)62(4,5)6)47-24-15-19-41-20-16-26-50(58(41)47)48-21-10-13-30-55(48)64(56-31-18-27-51-49-22-11-14-32-57(49)65-60(51)56)45-35-33-40(34-36-45)46-25-17-29-54-59(46)52-23-9-12-28-53(52)63(54,7)8/h9-39H,1-8H3. The smallest absolute Gasteiger partial charge is 0.0640 e. The fourth-order valence-corrected chi connectivity index (χ4v) is 11.7. The fraction of sp³-hybridized carbons (Fsp3) is 0.175. The van der Waals surface area contributed by atoms with Crippen molar-refractivity contribution in [1.29, 1.82) is 0 Å². The summed E-state index contributed by atoms with van der Waals surface area (Å²) in [5.74, 6) is 0. The van der Waals surface area contributed by atoms with Gasteiger partial charge in [0.2, 0.25) is 0 Å². The molecule has 1 nitrogen and oxygen atoms in total. The maximum absolute atomic E-state index is 2.52. The van der Waals surface area contributed by atoms with E-state index < -0.39 is 0 Å². The van der Waals surface area contributed by atoms with Crippen LogP contribution in [0.4, 0.5) is 17.1 Å². The Labute approximate surface area is 388 Å². The van der Waals surface area contributed by atoms with E-state index in [1.54, 1.807) is 0 Å². The zero-order valence-electron chi connectivity index (χ0n) is 38.8. The van der Waals surface area contributed by atoms with Gasteiger partial charge in [0, 0.05) is 32.1 Å². The first kappa shape index (κ1) is 41.0. The second-order valence-corrected chi connectivity index (χ2v) is 21.6. The Balaban J connectivity index is 1.13. The van der Waals surface area contributed by atoms with Crippen LogP contribution in [0.25, 0.3) is 75.5 Å². The molecule has 9 aromatic carbocycles. The Hall–Kier alpha value is -6.74. The summed E-state index contributed by atoms with van der Waals surface area (Å²) in [4.78, 5) is 2.52. The third-order valence-electron chi connectivity index (χ3n) is 14.0. The molecule has 1 aliphatic rings. The Bertz CT molecular complexity index is 3440. The van der Waals surface area contributed by atoms with Crippen LogP contribution < -0.4 is 4.90 Å². The van der Waals surface area contributed by atoms with Crippen molar-refractivity contribution in [2.24, 2.45) is 0 Å². The van der Waals surface area contributed by atoms with E-state index in [1.807, 2.05) is 11.3 Å². The number of anilines is 3. The third kappa shape index (κ3) is 6.81. The molecule has 1 aromatic heterocycles. The van der Waals surface area contributed by atoms with Gasteiger partial charge < -0.3 is 4.90 Å². The predicted molar refractivity (Wildman–Crippen MR) is 283 cm³/mol. The van der Waals surface area contributed by atoms with Crippen LogP contribution in [0.3, 0.4) is 0 Å². The minimum atomic E-state index is -0.0585. The first-order valence-corrected chi connectivity index (χ1v) is 23.9. The second-order valence-electron chi connectivity index (χ2n) is 20.6. The lowest BCUT2D eigenvalue weighted by molar-refractivity contribution is 0.569. The summed E-state index contributed by atoms with van der Waals surface area (Å²) in [7, 11) is 0. The van der Waals surface area contributed by atoms with Crippen LogP contribution in [0.2, 0.25) is 0 Å². The largest absolute Gasteiger partial charge is 0.308 e. The van der Waals surface area contributed by atoms with Crippen LogP contribution in [0.5, 0.6) is 0 Å². The summed E-state index contributed by atoms with van der Waals surface area (Å²) in [6.45, 7) is 18.7. The van der Waals surface area contributed by atoms with Gasteiger partial charge in [-0.3, -0.25) is 0 Å². The zero-order chi connectivity index (χ0) is 44.8. The van der Waals surface area contributed by atoms with Crippen molar-refractivity contribution in [2.75, 3.05) is 4.90 Å². The molecule has 0 saturated carbocycles. The van der Waals surface area contributed by atoms with E-state index in [1.165, 1.54) is 103 Å². The highest BCUT2D eigenvalue weighted by Crippen LogP contribution is 2.53. The molecule has 10 aromatic rings. The second kappa shape index (κ2) is 15.2. The summed E-state index contributed by atoms with van der Waals surface area (Å²) >= 11 is 1.88. The highest BCUT2D eigenvalue weighted by molar-refractivity contribution is 7.26. The molecule has 318 valence electrons. The average molecular weight is 858 g/mol. The highest BCUT2D eigenvalue weighted by atomic mass is 32.1. The minimum Gasteiger partial charge on any atom is -0.308 e. The van der Waals surface area contributed by atoms with Crippen LogP contribution in [-0.2, 0) is 16.2 Å². The van der Waals surface area contributed by atoms with E-state index in [-0.39, 0.29) is 16.2 Å². The van der Waals surface area contributed by atoms with Gasteiger partial charge in [0.1, 0.15) is 0 Å². The van der Waals surface area contributed by atoms with E-state index in [0.717, 1.165) is 11.4 Å². The quantitative estimate of drug-likeness (QED) is 0.161. The summed E-state index contributed by atoms with van der Waals surface area (Å²) in [6, 6.07) is 70.9. The van der Waals surface area contributed by atoms with Gasteiger partial charge in [0.05, 0.1) is 16.1 Å². The lowest BCUT2D eigenvalue weighted by atomic mass is 9.78. The number of rotatable bonds is 6. The highest BCUT2D eigenvalue weighted by Gasteiger charge is 2.36. The molecule has 0 atom stereocenters. The molecule has 0 fully saturated rings. The van der Waals surface area contributed by atoms with Gasteiger partial charge in [-0.1, -0.05) is 213 Å². The normalized spacial score (nSPS) is 13.4. The van der Waals surface area contributed by atoms with Gasteiger partial charge in [-0.05, 0) is 113 Å². The summed E-state index contributed by atoms with van der Waals surface area (Å²) in [5.41, 5.74) is 19.0.